The highest BCUT2D eigenvalue weighted by molar-refractivity contribution is 5.47. The van der Waals surface area contributed by atoms with Crippen molar-refractivity contribution >= 4 is 5.82 Å². The molecule has 0 saturated heterocycles. The fraction of sp³-hybridized carbons (Fsp3) is 0.522. The highest BCUT2D eigenvalue weighted by atomic mass is 16.7. The lowest BCUT2D eigenvalue weighted by atomic mass is 9.75. The molecule has 2 aromatic rings. The maximum absolute atomic E-state index is 5.68. The molecule has 0 bridgehead atoms. The molecule has 0 fully saturated rings. The topological polar surface area (TPSA) is 48.3 Å². The van der Waals surface area contributed by atoms with E-state index < -0.39 is 0 Å². The van der Waals surface area contributed by atoms with Crippen LogP contribution in [0.3, 0.4) is 0 Å². The number of hydrogen-bond acceptors (Lipinski definition) is 4. The zero-order chi connectivity index (χ0) is 20.6. The van der Waals surface area contributed by atoms with Crippen LogP contribution >= 0.6 is 0 Å². The average Bonchev–Trinajstić information content (AvgIpc) is 3.07. The lowest BCUT2D eigenvalue weighted by Crippen LogP contribution is -2.25. The van der Waals surface area contributed by atoms with Gasteiger partial charge in [-0.05, 0) is 44.9 Å². The summed E-state index contributed by atoms with van der Waals surface area (Å²) in [6.07, 6.45) is 6.66. The van der Waals surface area contributed by atoms with Crippen LogP contribution < -0.4 is 10.1 Å². The minimum Gasteiger partial charge on any atom is -0.468 e. The molecule has 2 rings (SSSR count). The van der Waals surface area contributed by atoms with Crippen LogP contribution in [0.5, 0.6) is 5.75 Å². The average molecular weight is 386 g/mol. The molecular formula is C23H35N3O2. The highest BCUT2D eigenvalue weighted by Gasteiger charge is 2.32. The van der Waals surface area contributed by atoms with Gasteiger partial charge in [0, 0.05) is 31.3 Å². The molecule has 0 saturated carbocycles. The molecule has 0 aliphatic carbocycles. The summed E-state index contributed by atoms with van der Waals surface area (Å²) in [7, 11) is 3.62. The molecule has 0 radical (unpaired) electrons. The van der Waals surface area contributed by atoms with Gasteiger partial charge in [0.25, 0.3) is 0 Å². The van der Waals surface area contributed by atoms with E-state index in [0.29, 0.717) is 0 Å². The van der Waals surface area contributed by atoms with Crippen LogP contribution in [0, 0.1) is 0 Å². The van der Waals surface area contributed by atoms with Gasteiger partial charge in [-0.15, -0.1) is 0 Å². The van der Waals surface area contributed by atoms with E-state index in [2.05, 4.69) is 50.4 Å². The Morgan fingerprint density at radius 1 is 1.29 bits per heavy atom. The molecule has 154 valence electrons. The van der Waals surface area contributed by atoms with Gasteiger partial charge in [-0.25, -0.2) is 0 Å². The van der Waals surface area contributed by atoms with Gasteiger partial charge in [-0.2, -0.15) is 5.10 Å². The molecule has 5 heteroatoms. The van der Waals surface area contributed by atoms with Gasteiger partial charge in [0.1, 0.15) is 11.6 Å². The molecule has 28 heavy (non-hydrogen) atoms. The Hall–Kier alpha value is -2.27. The second-order valence-corrected chi connectivity index (χ2v) is 7.50. The van der Waals surface area contributed by atoms with Crippen LogP contribution in [0.2, 0.25) is 0 Å². The van der Waals surface area contributed by atoms with E-state index in [4.69, 9.17) is 14.6 Å². The Kier molecular flexibility index (Phi) is 8.12. The summed E-state index contributed by atoms with van der Waals surface area (Å²) in [4.78, 5) is 0. The summed E-state index contributed by atoms with van der Waals surface area (Å²) < 4.78 is 12.7. The molecule has 5 nitrogen and oxygen atoms in total. The Bertz CT molecular complexity index is 782. The Labute approximate surface area is 169 Å². The van der Waals surface area contributed by atoms with Gasteiger partial charge in [0.2, 0.25) is 0 Å². The summed E-state index contributed by atoms with van der Waals surface area (Å²) in [5.74, 6) is 1.82. The van der Waals surface area contributed by atoms with Crippen LogP contribution in [0.25, 0.3) is 0 Å². The first-order valence-electron chi connectivity index (χ1n) is 10.1. The van der Waals surface area contributed by atoms with Crippen LogP contribution in [-0.2, 0) is 17.2 Å². The molecule has 0 spiro atoms. The van der Waals surface area contributed by atoms with E-state index >= 15 is 0 Å². The number of hydrogen-bond donors (Lipinski definition) is 1. The third-order valence-corrected chi connectivity index (χ3v) is 5.30. The summed E-state index contributed by atoms with van der Waals surface area (Å²) in [5.41, 5.74) is 3.20. The van der Waals surface area contributed by atoms with Crippen molar-refractivity contribution in [3.63, 3.8) is 0 Å². The lowest BCUT2D eigenvalue weighted by Gasteiger charge is -2.29. The van der Waals surface area contributed by atoms with Gasteiger partial charge < -0.3 is 14.8 Å². The standard InChI is InChI=1S/C23H35N3O2/c1-7-9-10-14-23(4,19-12-11-13-20(15-19)28-17-27-6)21-16-22(26(5)25-21)24-18(3)8-2/h8,11-13,15-16,24H,7,9-10,14,17H2,1-6H3/b18-8-. The van der Waals surface area contributed by atoms with Crippen LogP contribution in [0.1, 0.15) is 64.6 Å². The Morgan fingerprint density at radius 3 is 2.75 bits per heavy atom. The largest absolute Gasteiger partial charge is 0.468 e. The highest BCUT2D eigenvalue weighted by Crippen LogP contribution is 2.38. The molecule has 1 aromatic heterocycles. The minimum absolute atomic E-state index is 0.191. The fourth-order valence-electron chi connectivity index (χ4n) is 3.33. The molecule has 0 aliphatic heterocycles. The number of aryl methyl sites for hydroxylation is 1. The number of benzene rings is 1. The van der Waals surface area contributed by atoms with E-state index in [1.807, 2.05) is 30.8 Å². The Morgan fingerprint density at radius 2 is 2.07 bits per heavy atom. The molecule has 0 amide bonds. The first-order valence-corrected chi connectivity index (χ1v) is 10.1. The normalized spacial score (nSPS) is 14.0. The van der Waals surface area contributed by atoms with Crippen molar-refractivity contribution in [3.05, 3.63) is 53.4 Å². The molecule has 0 aliphatic rings. The van der Waals surface area contributed by atoms with E-state index in [9.17, 15) is 0 Å². The number of unbranched alkanes of at least 4 members (excludes halogenated alkanes) is 2. The van der Waals surface area contributed by atoms with E-state index in [1.54, 1.807) is 7.11 Å². The maximum Gasteiger partial charge on any atom is 0.188 e. The lowest BCUT2D eigenvalue weighted by molar-refractivity contribution is 0.0510. The number of nitrogens with zero attached hydrogens (tertiary/aromatic N) is 2. The first-order chi connectivity index (χ1) is 13.4. The van der Waals surface area contributed by atoms with Crippen LogP contribution in [0.4, 0.5) is 5.82 Å². The fourth-order valence-corrected chi connectivity index (χ4v) is 3.33. The molecule has 1 aromatic carbocycles. The predicted molar refractivity (Wildman–Crippen MR) is 116 cm³/mol. The molecule has 1 atom stereocenters. The van der Waals surface area contributed by atoms with Gasteiger partial charge >= 0.3 is 0 Å². The van der Waals surface area contributed by atoms with Crippen LogP contribution in [-0.4, -0.2) is 23.7 Å². The zero-order valence-corrected chi connectivity index (χ0v) is 18.2. The van der Waals surface area contributed by atoms with Gasteiger partial charge in [-0.3, -0.25) is 4.68 Å². The third kappa shape index (κ3) is 5.38. The molecule has 1 heterocycles. The number of allylic oxidation sites excluding steroid dienone is 2. The monoisotopic (exact) mass is 385 g/mol. The van der Waals surface area contributed by atoms with E-state index in [1.165, 1.54) is 18.4 Å². The number of rotatable bonds is 11. The van der Waals surface area contributed by atoms with Gasteiger partial charge in [0.15, 0.2) is 6.79 Å². The van der Waals surface area contributed by atoms with Crippen molar-refractivity contribution in [2.75, 3.05) is 19.2 Å². The molecular weight excluding hydrogens is 350 g/mol. The van der Waals surface area contributed by atoms with Gasteiger partial charge in [-0.1, -0.05) is 44.4 Å². The summed E-state index contributed by atoms with van der Waals surface area (Å²) in [6.45, 7) is 8.85. The number of aromatic nitrogens is 2. The van der Waals surface area contributed by atoms with Gasteiger partial charge in [0.05, 0.1) is 5.69 Å². The smallest absolute Gasteiger partial charge is 0.188 e. The summed E-state index contributed by atoms with van der Waals surface area (Å²) >= 11 is 0. The second kappa shape index (κ2) is 10.3. The quantitative estimate of drug-likeness (QED) is 0.402. The van der Waals surface area contributed by atoms with Crippen molar-refractivity contribution in [2.24, 2.45) is 7.05 Å². The number of methoxy groups -OCH3 is 1. The van der Waals surface area contributed by atoms with Crippen molar-refractivity contribution in [2.45, 2.75) is 58.8 Å². The van der Waals surface area contributed by atoms with Crippen molar-refractivity contribution in [1.29, 1.82) is 0 Å². The maximum atomic E-state index is 5.68. The SMILES string of the molecule is C/C=C(/C)Nc1cc(C(C)(CCCCC)c2cccc(OCOC)c2)nn1C. The van der Waals surface area contributed by atoms with E-state index in [0.717, 1.165) is 35.8 Å². The molecule has 1 unspecified atom stereocenters. The number of anilines is 1. The predicted octanol–water partition coefficient (Wildman–Crippen LogP) is 5.62. The first kappa shape index (κ1) is 22.0. The summed E-state index contributed by atoms with van der Waals surface area (Å²) in [5, 5.41) is 8.31. The van der Waals surface area contributed by atoms with Crippen molar-refractivity contribution in [3.8, 4) is 5.75 Å². The summed E-state index contributed by atoms with van der Waals surface area (Å²) in [6, 6.07) is 10.5. The second-order valence-electron chi connectivity index (χ2n) is 7.50. The minimum atomic E-state index is -0.191. The van der Waals surface area contributed by atoms with Crippen molar-refractivity contribution < 1.29 is 9.47 Å². The Balaban J connectivity index is 2.42. The third-order valence-electron chi connectivity index (χ3n) is 5.30. The van der Waals surface area contributed by atoms with Crippen LogP contribution in [0.15, 0.2) is 42.1 Å². The number of nitrogens with one attached hydrogen (secondary N) is 1. The zero-order valence-electron chi connectivity index (χ0n) is 18.2. The molecule has 1 N–H and O–H groups in total. The number of ether oxygens (including phenoxy) is 2. The van der Waals surface area contributed by atoms with E-state index in [-0.39, 0.29) is 12.2 Å². The van der Waals surface area contributed by atoms with Crippen molar-refractivity contribution in [1.82, 2.24) is 9.78 Å².